The molecule has 0 radical (unpaired) electrons. The number of thiocarbonyl (C=S) groups is 1. The van der Waals surface area contributed by atoms with Crippen LogP contribution in [-0.2, 0) is 4.74 Å². The van der Waals surface area contributed by atoms with Gasteiger partial charge in [-0.2, -0.15) is 0 Å². The van der Waals surface area contributed by atoms with Crippen molar-refractivity contribution in [1.29, 1.82) is 0 Å². The molecule has 0 aromatic carbocycles. The summed E-state index contributed by atoms with van der Waals surface area (Å²) >= 11 is 4.83. The highest BCUT2D eigenvalue weighted by molar-refractivity contribution is 7.80. The zero-order chi connectivity index (χ0) is 11.8. The van der Waals surface area contributed by atoms with E-state index in [9.17, 15) is 0 Å². The van der Waals surface area contributed by atoms with Crippen LogP contribution < -0.4 is 11.1 Å². The molecule has 0 aliphatic carbocycles. The second-order valence-corrected chi connectivity index (χ2v) is 3.55. The summed E-state index contributed by atoms with van der Waals surface area (Å²) in [6, 6.07) is 1.69. The maximum absolute atomic E-state index is 5.47. The van der Waals surface area contributed by atoms with E-state index in [1.54, 1.807) is 12.3 Å². The Balaban J connectivity index is 2.36. The Morgan fingerprint density at radius 2 is 2.44 bits per heavy atom. The van der Waals surface area contributed by atoms with Gasteiger partial charge in [-0.3, -0.25) is 0 Å². The average Bonchev–Trinajstić information content (AvgIpc) is 2.29. The molecule has 0 aliphatic heterocycles. The maximum atomic E-state index is 5.47. The van der Waals surface area contributed by atoms with E-state index in [1.807, 2.05) is 6.92 Å². The number of rotatable bonds is 7. The Morgan fingerprint density at radius 3 is 3.12 bits per heavy atom. The van der Waals surface area contributed by atoms with Crippen LogP contribution in [-0.4, -0.2) is 34.7 Å². The molecule has 0 fully saturated rings. The van der Waals surface area contributed by atoms with Crippen molar-refractivity contribution in [2.24, 2.45) is 5.73 Å². The van der Waals surface area contributed by atoms with E-state index in [4.69, 9.17) is 22.7 Å². The predicted octanol–water partition coefficient (Wildman–Crippen LogP) is 0.949. The second-order valence-electron chi connectivity index (χ2n) is 3.11. The Bertz CT molecular complexity index is 345. The monoisotopic (exact) mass is 240 g/mol. The van der Waals surface area contributed by atoms with Crippen LogP contribution in [0.5, 0.6) is 0 Å². The molecule has 0 aliphatic rings. The van der Waals surface area contributed by atoms with Crippen molar-refractivity contribution in [2.45, 2.75) is 13.3 Å². The fraction of sp³-hybridized carbons (Fsp3) is 0.500. The lowest BCUT2D eigenvalue weighted by Gasteiger charge is -2.05. The molecular weight excluding hydrogens is 224 g/mol. The largest absolute Gasteiger partial charge is 0.388 e. The van der Waals surface area contributed by atoms with Gasteiger partial charge in [-0.05, 0) is 19.4 Å². The molecule has 1 heterocycles. The van der Waals surface area contributed by atoms with Crippen LogP contribution in [0.15, 0.2) is 12.3 Å². The molecule has 5 nitrogen and oxygen atoms in total. The van der Waals surface area contributed by atoms with Gasteiger partial charge < -0.3 is 15.8 Å². The number of aromatic nitrogens is 2. The first-order chi connectivity index (χ1) is 7.74. The lowest BCUT2D eigenvalue weighted by molar-refractivity contribution is 0.147. The van der Waals surface area contributed by atoms with Crippen molar-refractivity contribution < 1.29 is 4.74 Å². The average molecular weight is 240 g/mol. The minimum atomic E-state index is 0.278. The minimum Gasteiger partial charge on any atom is -0.388 e. The van der Waals surface area contributed by atoms with Crippen molar-refractivity contribution >= 4 is 23.2 Å². The van der Waals surface area contributed by atoms with Crippen molar-refractivity contribution in [1.82, 2.24) is 9.97 Å². The number of anilines is 1. The van der Waals surface area contributed by atoms with E-state index in [2.05, 4.69) is 15.3 Å². The van der Waals surface area contributed by atoms with Crippen molar-refractivity contribution in [3.63, 3.8) is 0 Å². The van der Waals surface area contributed by atoms with Gasteiger partial charge in [-0.15, -0.1) is 0 Å². The molecule has 0 atom stereocenters. The van der Waals surface area contributed by atoms with E-state index in [0.29, 0.717) is 11.6 Å². The smallest absolute Gasteiger partial charge is 0.223 e. The van der Waals surface area contributed by atoms with Gasteiger partial charge in [-0.25, -0.2) is 9.97 Å². The maximum Gasteiger partial charge on any atom is 0.223 e. The molecule has 0 saturated carbocycles. The second kappa shape index (κ2) is 7.08. The van der Waals surface area contributed by atoms with Crippen LogP contribution in [0.2, 0.25) is 0 Å². The summed E-state index contributed by atoms with van der Waals surface area (Å²) < 4.78 is 5.21. The van der Waals surface area contributed by atoms with Gasteiger partial charge >= 0.3 is 0 Å². The SMILES string of the molecule is CCOCCCNc1nccc(C(N)=S)n1. The van der Waals surface area contributed by atoms with Crippen LogP contribution in [0, 0.1) is 0 Å². The van der Waals surface area contributed by atoms with Crippen LogP contribution in [0.1, 0.15) is 19.0 Å². The lowest BCUT2D eigenvalue weighted by Crippen LogP contribution is -2.14. The molecule has 0 bridgehead atoms. The predicted molar refractivity (Wildman–Crippen MR) is 67.5 cm³/mol. The van der Waals surface area contributed by atoms with Crippen molar-refractivity contribution in [3.8, 4) is 0 Å². The highest BCUT2D eigenvalue weighted by Gasteiger charge is 2.00. The van der Waals surface area contributed by atoms with Crippen LogP contribution >= 0.6 is 12.2 Å². The first kappa shape index (κ1) is 12.8. The molecule has 1 rings (SSSR count). The van der Waals surface area contributed by atoms with E-state index in [0.717, 1.165) is 26.2 Å². The van der Waals surface area contributed by atoms with Crippen LogP contribution in [0.25, 0.3) is 0 Å². The van der Waals surface area contributed by atoms with Gasteiger partial charge in [0.2, 0.25) is 5.95 Å². The summed E-state index contributed by atoms with van der Waals surface area (Å²) in [6.45, 7) is 4.22. The number of hydrogen-bond donors (Lipinski definition) is 2. The summed E-state index contributed by atoms with van der Waals surface area (Å²) in [6.07, 6.45) is 2.54. The standard InChI is InChI=1S/C10H16N4OS/c1-2-15-7-3-5-12-10-13-6-4-8(14-10)9(11)16/h4,6H,2-3,5,7H2,1H3,(H2,11,16)(H,12,13,14). The van der Waals surface area contributed by atoms with E-state index in [-0.39, 0.29) is 4.99 Å². The summed E-state index contributed by atoms with van der Waals surface area (Å²) in [5.74, 6) is 0.543. The van der Waals surface area contributed by atoms with Crippen molar-refractivity contribution in [3.05, 3.63) is 18.0 Å². The van der Waals surface area contributed by atoms with Crippen LogP contribution in [0.3, 0.4) is 0 Å². The molecule has 6 heteroatoms. The van der Waals surface area contributed by atoms with E-state index >= 15 is 0 Å². The number of nitrogens with zero attached hydrogens (tertiary/aromatic N) is 2. The zero-order valence-electron chi connectivity index (χ0n) is 9.27. The topological polar surface area (TPSA) is 73.1 Å². The quantitative estimate of drug-likeness (QED) is 0.546. The molecule has 0 unspecified atom stereocenters. The molecular formula is C10H16N4OS. The van der Waals surface area contributed by atoms with Gasteiger partial charge in [0.05, 0.1) is 0 Å². The fourth-order valence-corrected chi connectivity index (χ4v) is 1.21. The molecule has 0 saturated heterocycles. The molecule has 1 aromatic rings. The minimum absolute atomic E-state index is 0.278. The Labute approximate surface area is 100 Å². The molecule has 88 valence electrons. The molecule has 1 aromatic heterocycles. The normalized spacial score (nSPS) is 10.1. The summed E-state index contributed by atoms with van der Waals surface area (Å²) in [5, 5.41) is 3.08. The molecule has 0 amide bonds. The number of ether oxygens (including phenoxy) is 1. The fourth-order valence-electron chi connectivity index (χ4n) is 1.10. The van der Waals surface area contributed by atoms with Gasteiger partial charge in [-0.1, -0.05) is 12.2 Å². The lowest BCUT2D eigenvalue weighted by atomic mass is 10.4. The van der Waals surface area contributed by atoms with E-state index in [1.165, 1.54) is 0 Å². The third kappa shape index (κ3) is 4.50. The summed E-state index contributed by atoms with van der Waals surface area (Å²) in [4.78, 5) is 8.50. The van der Waals surface area contributed by atoms with Crippen molar-refractivity contribution in [2.75, 3.05) is 25.1 Å². The number of hydrogen-bond acceptors (Lipinski definition) is 5. The Morgan fingerprint density at radius 1 is 1.62 bits per heavy atom. The van der Waals surface area contributed by atoms with Gasteiger partial charge in [0.15, 0.2) is 0 Å². The molecule has 16 heavy (non-hydrogen) atoms. The van der Waals surface area contributed by atoms with E-state index < -0.39 is 0 Å². The number of nitrogens with one attached hydrogen (secondary N) is 1. The number of nitrogens with two attached hydrogens (primary N) is 1. The first-order valence-corrected chi connectivity index (χ1v) is 5.59. The summed E-state index contributed by atoms with van der Waals surface area (Å²) in [7, 11) is 0. The highest BCUT2D eigenvalue weighted by Crippen LogP contribution is 2.00. The highest BCUT2D eigenvalue weighted by atomic mass is 32.1. The van der Waals surface area contributed by atoms with Gasteiger partial charge in [0.25, 0.3) is 0 Å². The zero-order valence-corrected chi connectivity index (χ0v) is 10.1. The third-order valence-electron chi connectivity index (χ3n) is 1.86. The third-order valence-corrected chi connectivity index (χ3v) is 2.07. The van der Waals surface area contributed by atoms with Gasteiger partial charge in [0, 0.05) is 26.0 Å². The first-order valence-electron chi connectivity index (χ1n) is 5.18. The van der Waals surface area contributed by atoms with Gasteiger partial charge in [0.1, 0.15) is 10.7 Å². The Kier molecular flexibility index (Phi) is 5.66. The van der Waals surface area contributed by atoms with Crippen LogP contribution in [0.4, 0.5) is 5.95 Å². The molecule has 0 spiro atoms. The Hall–Kier alpha value is -1.27. The molecule has 3 N–H and O–H groups in total. The summed E-state index contributed by atoms with van der Waals surface area (Å²) in [5.41, 5.74) is 6.05.